The highest BCUT2D eigenvalue weighted by molar-refractivity contribution is 6.10. The van der Waals surface area contributed by atoms with E-state index in [2.05, 4.69) is 0 Å². The van der Waals surface area contributed by atoms with Crippen LogP contribution in [0.25, 0.3) is 0 Å². The molecule has 2 saturated heterocycles. The van der Waals surface area contributed by atoms with Crippen LogP contribution in [0.15, 0.2) is 24.3 Å². The van der Waals surface area contributed by atoms with Crippen molar-refractivity contribution < 1.29 is 19.2 Å². The van der Waals surface area contributed by atoms with Crippen molar-refractivity contribution in [2.75, 3.05) is 37.6 Å². The van der Waals surface area contributed by atoms with Gasteiger partial charge in [0.2, 0.25) is 17.7 Å². The molecule has 3 fully saturated rings. The van der Waals surface area contributed by atoms with E-state index in [9.17, 15) is 19.2 Å². The van der Waals surface area contributed by atoms with Crippen molar-refractivity contribution in [1.29, 1.82) is 0 Å². The van der Waals surface area contributed by atoms with E-state index in [-0.39, 0.29) is 36.6 Å². The Morgan fingerprint density at radius 2 is 1.62 bits per heavy atom. The average Bonchev–Trinajstić information content (AvgIpc) is 3.46. The van der Waals surface area contributed by atoms with Crippen molar-refractivity contribution >= 4 is 29.3 Å². The highest BCUT2D eigenvalue weighted by Gasteiger charge is 2.52. The zero-order valence-electron chi connectivity index (χ0n) is 20.0. The summed E-state index contributed by atoms with van der Waals surface area (Å²) < 4.78 is 0. The molecule has 0 N–H and O–H groups in total. The fourth-order valence-corrected chi connectivity index (χ4v) is 6.20. The van der Waals surface area contributed by atoms with Crippen molar-refractivity contribution in [3.05, 3.63) is 29.8 Å². The molecule has 34 heavy (non-hydrogen) atoms. The second kappa shape index (κ2) is 9.04. The highest BCUT2D eigenvalue weighted by Crippen LogP contribution is 2.44. The predicted molar refractivity (Wildman–Crippen MR) is 127 cm³/mol. The summed E-state index contributed by atoms with van der Waals surface area (Å²) in [5, 5.41) is 0. The zero-order valence-corrected chi connectivity index (χ0v) is 20.0. The Labute approximate surface area is 200 Å². The van der Waals surface area contributed by atoms with E-state index in [0.29, 0.717) is 62.6 Å². The van der Waals surface area contributed by atoms with Gasteiger partial charge in [0.1, 0.15) is 5.66 Å². The number of hydrogen-bond donors (Lipinski definition) is 0. The summed E-state index contributed by atoms with van der Waals surface area (Å²) >= 11 is 0. The van der Waals surface area contributed by atoms with Gasteiger partial charge in [-0.3, -0.25) is 24.1 Å². The Kier molecular flexibility index (Phi) is 6.08. The third-order valence-corrected chi connectivity index (χ3v) is 8.22. The van der Waals surface area contributed by atoms with Crippen molar-refractivity contribution in [2.24, 2.45) is 5.92 Å². The van der Waals surface area contributed by atoms with Crippen LogP contribution in [0.5, 0.6) is 0 Å². The second-order valence-electron chi connectivity index (χ2n) is 10.3. The molecule has 0 spiro atoms. The lowest BCUT2D eigenvalue weighted by Gasteiger charge is -2.48. The van der Waals surface area contributed by atoms with Gasteiger partial charge < -0.3 is 14.7 Å². The minimum atomic E-state index is -0.742. The second-order valence-corrected chi connectivity index (χ2v) is 10.3. The standard InChI is InChI=1S/C26H34N4O4/c1-26-12-10-23(32)30(26)21-9-5-4-8-20(21)25(34)29(26)13-11-22(31)27-14-16-28(17-15-27)24(33)18-19-6-2-3-7-19/h4-5,8-9,19H,2-3,6-7,10-18H2,1H3. The van der Waals surface area contributed by atoms with Gasteiger partial charge in [0.15, 0.2) is 0 Å². The van der Waals surface area contributed by atoms with Gasteiger partial charge in [-0.05, 0) is 44.2 Å². The zero-order chi connectivity index (χ0) is 23.9. The molecule has 8 nitrogen and oxygen atoms in total. The number of para-hydroxylation sites is 1. The summed E-state index contributed by atoms with van der Waals surface area (Å²) in [7, 11) is 0. The van der Waals surface area contributed by atoms with E-state index in [0.717, 1.165) is 12.8 Å². The largest absolute Gasteiger partial charge is 0.339 e. The molecule has 182 valence electrons. The molecule has 1 aliphatic carbocycles. The number of hydrogen-bond acceptors (Lipinski definition) is 4. The van der Waals surface area contributed by atoms with E-state index >= 15 is 0 Å². The van der Waals surface area contributed by atoms with Gasteiger partial charge >= 0.3 is 0 Å². The molecule has 1 aromatic rings. The molecule has 1 unspecified atom stereocenters. The van der Waals surface area contributed by atoms with Crippen LogP contribution in [0.4, 0.5) is 5.69 Å². The number of nitrogens with zero attached hydrogens (tertiary/aromatic N) is 4. The van der Waals surface area contributed by atoms with Crippen molar-refractivity contribution in [3.63, 3.8) is 0 Å². The maximum atomic E-state index is 13.3. The number of piperazine rings is 1. The third kappa shape index (κ3) is 3.97. The van der Waals surface area contributed by atoms with Gasteiger partial charge in [0.25, 0.3) is 5.91 Å². The minimum Gasteiger partial charge on any atom is -0.339 e. The Balaban J connectivity index is 1.19. The van der Waals surface area contributed by atoms with Crippen LogP contribution in [0.1, 0.15) is 68.6 Å². The van der Waals surface area contributed by atoms with E-state index in [1.54, 1.807) is 21.9 Å². The fourth-order valence-electron chi connectivity index (χ4n) is 6.20. The first kappa shape index (κ1) is 22.9. The maximum Gasteiger partial charge on any atom is 0.257 e. The molecular formula is C26H34N4O4. The van der Waals surface area contributed by atoms with Crippen LogP contribution in [-0.2, 0) is 14.4 Å². The van der Waals surface area contributed by atoms with Crippen molar-refractivity contribution in [3.8, 4) is 0 Å². The molecule has 1 aromatic carbocycles. The Morgan fingerprint density at radius 3 is 2.32 bits per heavy atom. The smallest absolute Gasteiger partial charge is 0.257 e. The Bertz CT molecular complexity index is 996. The van der Waals surface area contributed by atoms with Crippen LogP contribution in [0, 0.1) is 5.92 Å². The van der Waals surface area contributed by atoms with Crippen LogP contribution >= 0.6 is 0 Å². The molecular weight excluding hydrogens is 432 g/mol. The van der Waals surface area contributed by atoms with Crippen molar-refractivity contribution in [1.82, 2.24) is 14.7 Å². The van der Waals surface area contributed by atoms with Gasteiger partial charge in [-0.15, -0.1) is 0 Å². The lowest BCUT2D eigenvalue weighted by Crippen LogP contribution is -2.62. The monoisotopic (exact) mass is 466 g/mol. The number of benzene rings is 1. The molecule has 4 amide bonds. The number of amides is 4. The number of rotatable bonds is 5. The quantitative estimate of drug-likeness (QED) is 0.668. The SMILES string of the molecule is CC12CCC(=O)N1c1ccccc1C(=O)N2CCC(=O)N1CCN(C(=O)CC2CCCC2)CC1. The molecule has 0 radical (unpaired) electrons. The molecule has 3 heterocycles. The molecule has 1 atom stereocenters. The molecule has 8 heteroatoms. The first-order chi connectivity index (χ1) is 16.4. The first-order valence-electron chi connectivity index (χ1n) is 12.7. The van der Waals surface area contributed by atoms with Crippen LogP contribution in [-0.4, -0.2) is 76.7 Å². The van der Waals surface area contributed by atoms with E-state index in [1.807, 2.05) is 28.9 Å². The van der Waals surface area contributed by atoms with E-state index < -0.39 is 5.66 Å². The summed E-state index contributed by atoms with van der Waals surface area (Å²) in [6.45, 7) is 4.42. The van der Waals surface area contributed by atoms with Gasteiger partial charge in [-0.1, -0.05) is 25.0 Å². The maximum absolute atomic E-state index is 13.3. The highest BCUT2D eigenvalue weighted by atomic mass is 16.2. The molecule has 3 aliphatic heterocycles. The lowest BCUT2D eigenvalue weighted by atomic mass is 9.98. The number of anilines is 1. The summed E-state index contributed by atoms with van der Waals surface area (Å²) in [6, 6.07) is 7.22. The van der Waals surface area contributed by atoms with Crippen LogP contribution < -0.4 is 4.90 Å². The number of carbonyl (C=O) groups excluding carboxylic acids is 4. The first-order valence-corrected chi connectivity index (χ1v) is 12.7. The van der Waals surface area contributed by atoms with Gasteiger partial charge in [-0.25, -0.2) is 0 Å². The Hall–Kier alpha value is -2.90. The minimum absolute atomic E-state index is 0.00553. The molecule has 1 saturated carbocycles. The molecule has 0 aromatic heterocycles. The topological polar surface area (TPSA) is 81.2 Å². The van der Waals surface area contributed by atoms with Crippen LogP contribution in [0.3, 0.4) is 0 Å². The predicted octanol–water partition coefficient (Wildman–Crippen LogP) is 2.63. The van der Waals surface area contributed by atoms with Gasteiger partial charge in [0, 0.05) is 52.0 Å². The fraction of sp³-hybridized carbons (Fsp3) is 0.615. The lowest BCUT2D eigenvalue weighted by molar-refractivity contribution is -0.140. The van der Waals surface area contributed by atoms with E-state index in [4.69, 9.17) is 0 Å². The third-order valence-electron chi connectivity index (χ3n) is 8.22. The normalized spacial score (nSPS) is 25.1. The molecule has 0 bridgehead atoms. The van der Waals surface area contributed by atoms with Crippen molar-refractivity contribution in [2.45, 2.75) is 64.0 Å². The summed E-state index contributed by atoms with van der Waals surface area (Å²) in [6.07, 6.45) is 6.58. The van der Waals surface area contributed by atoms with Gasteiger partial charge in [-0.2, -0.15) is 0 Å². The van der Waals surface area contributed by atoms with Gasteiger partial charge in [0.05, 0.1) is 11.3 Å². The summed E-state index contributed by atoms with van der Waals surface area (Å²) in [4.78, 5) is 58.8. The molecule has 5 rings (SSSR count). The average molecular weight is 467 g/mol. The summed E-state index contributed by atoms with van der Waals surface area (Å²) in [5.41, 5.74) is 0.435. The summed E-state index contributed by atoms with van der Waals surface area (Å²) in [5.74, 6) is 0.628. The Morgan fingerprint density at radius 1 is 0.971 bits per heavy atom. The van der Waals surface area contributed by atoms with Crippen LogP contribution in [0.2, 0.25) is 0 Å². The molecule has 4 aliphatic rings. The van der Waals surface area contributed by atoms with E-state index in [1.165, 1.54) is 12.8 Å². The number of carbonyl (C=O) groups is 4. The number of fused-ring (bicyclic) bond motifs is 3.